The molecule has 1 saturated heterocycles. The van der Waals surface area contributed by atoms with Crippen LogP contribution in [0.5, 0.6) is 0 Å². The van der Waals surface area contributed by atoms with E-state index in [0.717, 1.165) is 34.9 Å². The molecule has 0 unspecified atom stereocenters. The first kappa shape index (κ1) is 18.1. The van der Waals surface area contributed by atoms with Gasteiger partial charge in [-0.05, 0) is 36.1 Å². The van der Waals surface area contributed by atoms with Crippen molar-refractivity contribution in [3.63, 3.8) is 0 Å². The van der Waals surface area contributed by atoms with Crippen LogP contribution in [0.4, 0.5) is 0 Å². The van der Waals surface area contributed by atoms with Gasteiger partial charge in [0, 0.05) is 53.7 Å². The van der Waals surface area contributed by atoms with Gasteiger partial charge >= 0.3 is 0 Å². The first-order valence-electron chi connectivity index (χ1n) is 9.40. The number of nitrogens with one attached hydrogen (secondary N) is 2. The highest BCUT2D eigenvalue weighted by Gasteiger charge is 2.25. The molecule has 0 bridgehead atoms. The fourth-order valence-corrected chi connectivity index (χ4v) is 4.10. The molecule has 0 aliphatic carbocycles. The summed E-state index contributed by atoms with van der Waals surface area (Å²) in [6.07, 6.45) is 3.60. The summed E-state index contributed by atoms with van der Waals surface area (Å²) in [7, 11) is 0. The molecule has 1 aromatic heterocycles. The average Bonchev–Trinajstić information content (AvgIpc) is 3.14. The number of hydrogen-bond donors (Lipinski definition) is 2. The Balaban J connectivity index is 1.62. The number of halogens is 1. The third-order valence-electron chi connectivity index (χ3n) is 5.35. The molecule has 1 fully saturated rings. The fourth-order valence-electron chi connectivity index (χ4n) is 3.83. The molecule has 0 saturated carbocycles. The van der Waals surface area contributed by atoms with Crippen molar-refractivity contribution < 1.29 is 9.53 Å². The predicted octanol–water partition coefficient (Wildman–Crippen LogP) is 4.50. The number of aromatic nitrogens is 1. The van der Waals surface area contributed by atoms with Crippen molar-refractivity contribution in [2.45, 2.75) is 18.8 Å². The zero-order chi connectivity index (χ0) is 18.6. The normalized spacial score (nSPS) is 16.3. The molecule has 2 N–H and O–H groups in total. The van der Waals surface area contributed by atoms with E-state index in [-0.39, 0.29) is 17.7 Å². The Morgan fingerprint density at radius 2 is 1.85 bits per heavy atom. The second kappa shape index (κ2) is 8.15. The zero-order valence-corrected chi connectivity index (χ0v) is 15.8. The Morgan fingerprint density at radius 1 is 1.11 bits per heavy atom. The van der Waals surface area contributed by atoms with Crippen molar-refractivity contribution in [1.82, 2.24) is 10.3 Å². The van der Waals surface area contributed by atoms with Gasteiger partial charge in [0.15, 0.2) is 0 Å². The van der Waals surface area contributed by atoms with Gasteiger partial charge in [0.2, 0.25) is 5.91 Å². The Kier molecular flexibility index (Phi) is 5.46. The molecule has 1 aliphatic heterocycles. The van der Waals surface area contributed by atoms with Crippen LogP contribution in [0.15, 0.2) is 54.7 Å². The van der Waals surface area contributed by atoms with E-state index in [4.69, 9.17) is 16.3 Å². The number of benzene rings is 2. The molecule has 2 heterocycles. The molecule has 1 aliphatic rings. The van der Waals surface area contributed by atoms with Crippen LogP contribution in [0.3, 0.4) is 0 Å². The van der Waals surface area contributed by atoms with E-state index in [9.17, 15) is 4.79 Å². The molecular formula is C22H23ClN2O2. The van der Waals surface area contributed by atoms with E-state index in [1.165, 1.54) is 0 Å². The summed E-state index contributed by atoms with van der Waals surface area (Å²) in [5.74, 6) is 0.127. The van der Waals surface area contributed by atoms with E-state index in [2.05, 4.69) is 22.4 Å². The van der Waals surface area contributed by atoms with Crippen LogP contribution in [0, 0.1) is 5.92 Å². The zero-order valence-electron chi connectivity index (χ0n) is 15.1. The number of aromatic amines is 1. The van der Waals surface area contributed by atoms with Gasteiger partial charge in [0.25, 0.3) is 0 Å². The van der Waals surface area contributed by atoms with Crippen LogP contribution in [-0.2, 0) is 9.53 Å². The molecule has 2 aromatic carbocycles. The predicted molar refractivity (Wildman–Crippen MR) is 108 cm³/mol. The topological polar surface area (TPSA) is 54.1 Å². The first-order valence-corrected chi connectivity index (χ1v) is 9.77. The van der Waals surface area contributed by atoms with Crippen LogP contribution in [-0.4, -0.2) is 30.6 Å². The number of H-pyrrole nitrogens is 1. The van der Waals surface area contributed by atoms with Gasteiger partial charge in [-0.1, -0.05) is 48.0 Å². The van der Waals surface area contributed by atoms with Gasteiger partial charge in [-0.2, -0.15) is 0 Å². The van der Waals surface area contributed by atoms with Gasteiger partial charge in [-0.3, -0.25) is 4.79 Å². The van der Waals surface area contributed by atoms with Gasteiger partial charge in [-0.15, -0.1) is 0 Å². The van der Waals surface area contributed by atoms with E-state index in [1.807, 2.05) is 42.6 Å². The van der Waals surface area contributed by atoms with Gasteiger partial charge in [0.05, 0.1) is 0 Å². The first-order chi connectivity index (χ1) is 13.2. The minimum absolute atomic E-state index is 0.0151. The summed E-state index contributed by atoms with van der Waals surface area (Å²) >= 11 is 6.51. The van der Waals surface area contributed by atoms with Crippen molar-refractivity contribution >= 4 is 28.4 Å². The Bertz CT molecular complexity index is 931. The number of hydrogen-bond acceptors (Lipinski definition) is 2. The number of carbonyl (C=O) groups is 1. The second-order valence-electron chi connectivity index (χ2n) is 7.00. The SMILES string of the molecule is O=C(NC[C@@H](c1ccccc1Cl)c1c[nH]c2ccccc12)C1CCOCC1. The number of carbonyl (C=O) groups excluding carboxylic acids is 1. The van der Waals surface area contributed by atoms with Gasteiger partial charge in [0.1, 0.15) is 0 Å². The molecular weight excluding hydrogens is 360 g/mol. The monoisotopic (exact) mass is 382 g/mol. The summed E-state index contributed by atoms with van der Waals surface area (Å²) < 4.78 is 5.37. The number of ether oxygens (including phenoxy) is 1. The lowest BCUT2D eigenvalue weighted by atomic mass is 9.90. The van der Waals surface area contributed by atoms with E-state index in [1.54, 1.807) is 0 Å². The van der Waals surface area contributed by atoms with Gasteiger partial charge in [-0.25, -0.2) is 0 Å². The van der Waals surface area contributed by atoms with Crippen molar-refractivity contribution in [1.29, 1.82) is 0 Å². The third kappa shape index (κ3) is 3.87. The Hall–Kier alpha value is -2.30. The fraction of sp³-hybridized carbons (Fsp3) is 0.318. The highest BCUT2D eigenvalue weighted by Crippen LogP contribution is 2.34. The highest BCUT2D eigenvalue weighted by atomic mass is 35.5. The summed E-state index contributed by atoms with van der Waals surface area (Å²) in [6.45, 7) is 1.84. The van der Waals surface area contributed by atoms with Crippen LogP contribution in [0.2, 0.25) is 5.02 Å². The lowest BCUT2D eigenvalue weighted by Crippen LogP contribution is -2.36. The molecule has 4 rings (SSSR count). The molecule has 140 valence electrons. The average molecular weight is 383 g/mol. The minimum atomic E-state index is -0.0151. The summed E-state index contributed by atoms with van der Waals surface area (Å²) in [5, 5.41) is 5.04. The maximum atomic E-state index is 12.6. The standard InChI is InChI=1S/C22H23ClN2O2/c23-20-7-3-1-5-16(20)18(14-25-22(26)15-9-11-27-12-10-15)19-13-24-21-8-4-2-6-17(19)21/h1-8,13,15,18,24H,9-12,14H2,(H,25,26)/t18-/m0/s1. The Labute approximate surface area is 163 Å². The quantitative estimate of drug-likeness (QED) is 0.682. The summed E-state index contributed by atoms with van der Waals surface area (Å²) in [6, 6.07) is 16.1. The van der Waals surface area contributed by atoms with Crippen molar-refractivity contribution in [3.05, 3.63) is 70.9 Å². The van der Waals surface area contributed by atoms with Crippen LogP contribution < -0.4 is 5.32 Å². The van der Waals surface area contributed by atoms with E-state index >= 15 is 0 Å². The number of amides is 1. The lowest BCUT2D eigenvalue weighted by molar-refractivity contribution is -0.127. The number of para-hydroxylation sites is 1. The molecule has 0 radical (unpaired) electrons. The molecule has 5 heteroatoms. The van der Waals surface area contributed by atoms with E-state index < -0.39 is 0 Å². The molecule has 27 heavy (non-hydrogen) atoms. The number of rotatable bonds is 5. The molecule has 3 aromatic rings. The second-order valence-corrected chi connectivity index (χ2v) is 7.40. The van der Waals surface area contributed by atoms with Crippen LogP contribution in [0.25, 0.3) is 10.9 Å². The molecule has 1 amide bonds. The largest absolute Gasteiger partial charge is 0.381 e. The molecule has 0 spiro atoms. The van der Waals surface area contributed by atoms with Crippen LogP contribution in [0.1, 0.15) is 29.9 Å². The smallest absolute Gasteiger partial charge is 0.223 e. The summed E-state index contributed by atoms with van der Waals surface area (Å²) in [5.41, 5.74) is 3.25. The van der Waals surface area contributed by atoms with Crippen molar-refractivity contribution in [2.75, 3.05) is 19.8 Å². The van der Waals surface area contributed by atoms with Crippen molar-refractivity contribution in [2.24, 2.45) is 5.92 Å². The minimum Gasteiger partial charge on any atom is -0.381 e. The molecule has 1 atom stereocenters. The van der Waals surface area contributed by atoms with Crippen LogP contribution >= 0.6 is 11.6 Å². The van der Waals surface area contributed by atoms with Crippen molar-refractivity contribution in [3.8, 4) is 0 Å². The maximum absolute atomic E-state index is 12.6. The number of fused-ring (bicyclic) bond motifs is 1. The highest BCUT2D eigenvalue weighted by molar-refractivity contribution is 6.31. The third-order valence-corrected chi connectivity index (χ3v) is 5.69. The van der Waals surface area contributed by atoms with Gasteiger partial charge < -0.3 is 15.0 Å². The summed E-state index contributed by atoms with van der Waals surface area (Å²) in [4.78, 5) is 16.0. The lowest BCUT2D eigenvalue weighted by Gasteiger charge is -2.24. The maximum Gasteiger partial charge on any atom is 0.223 e. The molecule has 4 nitrogen and oxygen atoms in total. The Morgan fingerprint density at radius 3 is 2.67 bits per heavy atom. The van der Waals surface area contributed by atoms with E-state index in [0.29, 0.717) is 24.8 Å².